The Morgan fingerprint density at radius 3 is 2.70 bits per heavy atom. The van der Waals surface area contributed by atoms with Gasteiger partial charge in [-0.05, 0) is 48.8 Å². The van der Waals surface area contributed by atoms with Gasteiger partial charge >= 0.3 is 0 Å². The zero-order valence-corrected chi connectivity index (χ0v) is 13.9. The predicted octanol–water partition coefficient (Wildman–Crippen LogP) is 4.43. The van der Waals surface area contributed by atoms with Crippen molar-refractivity contribution in [2.45, 2.75) is 26.3 Å². The fraction of sp³-hybridized carbons (Fsp3) is 0.286. The summed E-state index contributed by atoms with van der Waals surface area (Å²) in [5, 5.41) is 7.81. The smallest absolute Gasteiger partial charge is 0.158 e. The van der Waals surface area contributed by atoms with E-state index in [0.29, 0.717) is 0 Å². The van der Waals surface area contributed by atoms with Crippen molar-refractivity contribution in [1.29, 1.82) is 0 Å². The summed E-state index contributed by atoms with van der Waals surface area (Å²) in [7, 11) is 0. The van der Waals surface area contributed by atoms with Crippen LogP contribution in [0.25, 0.3) is 16.2 Å². The molecule has 0 aliphatic rings. The minimum absolute atomic E-state index is 0.0342. The number of hydrogen-bond acceptors (Lipinski definition) is 4. The van der Waals surface area contributed by atoms with Crippen LogP contribution in [0.5, 0.6) is 0 Å². The molecule has 104 valence electrons. The zero-order chi connectivity index (χ0) is 14.3. The fourth-order valence-electron chi connectivity index (χ4n) is 1.96. The number of anilines is 1. The van der Waals surface area contributed by atoms with Crippen molar-refractivity contribution in [3.05, 3.63) is 34.2 Å². The molecule has 20 heavy (non-hydrogen) atoms. The van der Waals surface area contributed by atoms with Gasteiger partial charge in [-0.15, -0.1) is 11.3 Å². The molecule has 0 aliphatic carbocycles. The van der Waals surface area contributed by atoms with E-state index in [1.807, 2.05) is 22.7 Å². The summed E-state index contributed by atoms with van der Waals surface area (Å²) in [4.78, 5) is 5.80. The van der Waals surface area contributed by atoms with Gasteiger partial charge in [0.2, 0.25) is 0 Å². The largest absolute Gasteiger partial charge is 0.365 e. The Morgan fingerprint density at radius 1 is 1.25 bits per heavy atom. The van der Waals surface area contributed by atoms with E-state index < -0.39 is 0 Å². The standard InChI is InChI=1S/C14H15BrN4S/c1-14(2,3)18-13-8-9(10-4-5-11(15)20-10)17-12-6-7-16-19(12)13/h4-8,18H,1-3H3. The van der Waals surface area contributed by atoms with Gasteiger partial charge in [0.15, 0.2) is 5.65 Å². The van der Waals surface area contributed by atoms with E-state index in [4.69, 9.17) is 0 Å². The molecule has 0 bridgehead atoms. The van der Waals surface area contributed by atoms with Gasteiger partial charge < -0.3 is 5.32 Å². The summed E-state index contributed by atoms with van der Waals surface area (Å²) in [6.07, 6.45) is 1.77. The van der Waals surface area contributed by atoms with E-state index in [0.717, 1.165) is 25.8 Å². The summed E-state index contributed by atoms with van der Waals surface area (Å²) in [6, 6.07) is 8.08. The number of fused-ring (bicyclic) bond motifs is 1. The average Bonchev–Trinajstić information content (AvgIpc) is 2.95. The molecule has 0 saturated heterocycles. The van der Waals surface area contributed by atoms with Crippen molar-refractivity contribution in [2.75, 3.05) is 5.32 Å². The van der Waals surface area contributed by atoms with Crippen molar-refractivity contribution in [1.82, 2.24) is 14.6 Å². The maximum absolute atomic E-state index is 4.66. The van der Waals surface area contributed by atoms with Crippen LogP contribution in [0.3, 0.4) is 0 Å². The second-order valence-corrected chi connectivity index (χ2v) is 8.07. The lowest BCUT2D eigenvalue weighted by Gasteiger charge is -2.22. The number of nitrogens with zero attached hydrogens (tertiary/aromatic N) is 3. The molecular formula is C14H15BrN4S. The van der Waals surface area contributed by atoms with Crippen molar-refractivity contribution < 1.29 is 0 Å². The van der Waals surface area contributed by atoms with Gasteiger partial charge in [-0.3, -0.25) is 0 Å². The number of hydrogen-bond donors (Lipinski definition) is 1. The maximum Gasteiger partial charge on any atom is 0.158 e. The Labute approximate surface area is 130 Å². The first-order valence-electron chi connectivity index (χ1n) is 6.31. The Balaban J connectivity index is 2.15. The lowest BCUT2D eigenvalue weighted by Crippen LogP contribution is -2.27. The minimum Gasteiger partial charge on any atom is -0.365 e. The van der Waals surface area contributed by atoms with Crippen LogP contribution < -0.4 is 5.32 Å². The fourth-order valence-corrected chi connectivity index (χ4v) is 3.31. The molecule has 6 heteroatoms. The van der Waals surface area contributed by atoms with E-state index in [1.165, 1.54) is 0 Å². The lowest BCUT2D eigenvalue weighted by molar-refractivity contribution is 0.625. The number of halogens is 1. The van der Waals surface area contributed by atoms with Crippen molar-refractivity contribution in [3.63, 3.8) is 0 Å². The minimum atomic E-state index is -0.0342. The quantitative estimate of drug-likeness (QED) is 0.743. The molecule has 0 aliphatic heterocycles. The summed E-state index contributed by atoms with van der Waals surface area (Å²) in [5.41, 5.74) is 1.77. The third-order valence-corrected chi connectivity index (χ3v) is 4.33. The Hall–Kier alpha value is -1.40. The second kappa shape index (κ2) is 4.86. The topological polar surface area (TPSA) is 42.2 Å². The molecule has 1 N–H and O–H groups in total. The SMILES string of the molecule is CC(C)(C)Nc1cc(-c2ccc(Br)s2)nc2ccnn12. The third-order valence-electron chi connectivity index (χ3n) is 2.69. The Kier molecular flexibility index (Phi) is 3.30. The highest BCUT2D eigenvalue weighted by Crippen LogP contribution is 2.32. The summed E-state index contributed by atoms with van der Waals surface area (Å²) >= 11 is 5.17. The highest BCUT2D eigenvalue weighted by Gasteiger charge is 2.15. The molecule has 0 atom stereocenters. The van der Waals surface area contributed by atoms with E-state index in [2.05, 4.69) is 58.2 Å². The van der Waals surface area contributed by atoms with E-state index in [9.17, 15) is 0 Å². The first kappa shape index (κ1) is 13.6. The van der Waals surface area contributed by atoms with Crippen molar-refractivity contribution in [3.8, 4) is 10.6 Å². The normalized spacial score (nSPS) is 12.0. The van der Waals surface area contributed by atoms with Crippen LogP contribution in [0.15, 0.2) is 34.2 Å². The lowest BCUT2D eigenvalue weighted by atomic mass is 10.1. The number of aromatic nitrogens is 3. The van der Waals surface area contributed by atoms with Crippen LogP contribution in [0, 0.1) is 0 Å². The van der Waals surface area contributed by atoms with E-state index in [-0.39, 0.29) is 5.54 Å². The van der Waals surface area contributed by atoms with Crippen LogP contribution in [-0.4, -0.2) is 20.1 Å². The molecule has 0 spiro atoms. The van der Waals surface area contributed by atoms with Gasteiger partial charge in [-0.1, -0.05) is 0 Å². The monoisotopic (exact) mass is 350 g/mol. The second-order valence-electron chi connectivity index (χ2n) is 5.61. The van der Waals surface area contributed by atoms with Gasteiger partial charge in [0, 0.05) is 17.7 Å². The molecule has 0 amide bonds. The van der Waals surface area contributed by atoms with Crippen LogP contribution in [0.4, 0.5) is 5.82 Å². The molecular weight excluding hydrogens is 336 g/mol. The highest BCUT2D eigenvalue weighted by atomic mass is 79.9. The van der Waals surface area contributed by atoms with Gasteiger partial charge in [-0.2, -0.15) is 9.61 Å². The number of nitrogens with one attached hydrogen (secondary N) is 1. The molecule has 3 rings (SSSR count). The molecule has 0 radical (unpaired) electrons. The first-order valence-corrected chi connectivity index (χ1v) is 7.92. The molecule has 3 aromatic rings. The van der Waals surface area contributed by atoms with Gasteiger partial charge in [0.25, 0.3) is 0 Å². The van der Waals surface area contributed by atoms with Crippen molar-refractivity contribution >= 4 is 38.7 Å². The molecule has 0 fully saturated rings. The van der Waals surface area contributed by atoms with Gasteiger partial charge in [0.05, 0.1) is 20.6 Å². The molecule has 3 aromatic heterocycles. The van der Waals surface area contributed by atoms with Gasteiger partial charge in [0.1, 0.15) is 5.82 Å². The van der Waals surface area contributed by atoms with Crippen LogP contribution in [0.1, 0.15) is 20.8 Å². The zero-order valence-electron chi connectivity index (χ0n) is 11.5. The maximum atomic E-state index is 4.66. The van der Waals surface area contributed by atoms with Crippen molar-refractivity contribution in [2.24, 2.45) is 0 Å². The summed E-state index contributed by atoms with van der Waals surface area (Å²) in [5.74, 6) is 0.951. The molecule has 0 saturated carbocycles. The van der Waals surface area contributed by atoms with E-state index in [1.54, 1.807) is 17.5 Å². The van der Waals surface area contributed by atoms with Crippen LogP contribution in [0.2, 0.25) is 0 Å². The van der Waals surface area contributed by atoms with Gasteiger partial charge in [-0.25, -0.2) is 4.98 Å². The number of rotatable bonds is 2. The van der Waals surface area contributed by atoms with Crippen LogP contribution in [-0.2, 0) is 0 Å². The number of thiophene rings is 1. The molecule has 3 heterocycles. The van der Waals surface area contributed by atoms with E-state index >= 15 is 0 Å². The highest BCUT2D eigenvalue weighted by molar-refractivity contribution is 9.11. The average molecular weight is 351 g/mol. The van der Waals surface area contributed by atoms with Crippen LogP contribution >= 0.6 is 27.3 Å². The molecule has 0 unspecified atom stereocenters. The Bertz CT molecular complexity index is 754. The first-order chi connectivity index (χ1) is 9.42. The summed E-state index contributed by atoms with van der Waals surface area (Å²) < 4.78 is 2.94. The Morgan fingerprint density at radius 2 is 2.05 bits per heavy atom. The third kappa shape index (κ3) is 2.71. The molecule has 0 aromatic carbocycles. The molecule has 4 nitrogen and oxygen atoms in total. The summed E-state index contributed by atoms with van der Waals surface area (Å²) in [6.45, 7) is 6.39. The predicted molar refractivity (Wildman–Crippen MR) is 87.4 cm³/mol.